The fraction of sp³-hybridized carbons (Fsp3) is 0.846. The molecule has 0 saturated carbocycles. The van der Waals surface area contributed by atoms with Crippen LogP contribution < -0.4 is 5.32 Å². The van der Waals surface area contributed by atoms with Gasteiger partial charge in [0.15, 0.2) is 0 Å². The SMILES string of the molecule is C=CCC1(CCCNC)CCN(C)CC1. The highest BCUT2D eigenvalue weighted by Gasteiger charge is 2.31. The fourth-order valence-electron chi connectivity index (χ4n) is 2.60. The van der Waals surface area contributed by atoms with Gasteiger partial charge in [0.1, 0.15) is 0 Å². The van der Waals surface area contributed by atoms with E-state index in [0.29, 0.717) is 5.41 Å². The van der Waals surface area contributed by atoms with Gasteiger partial charge in [0, 0.05) is 0 Å². The Morgan fingerprint density at radius 3 is 2.60 bits per heavy atom. The molecular weight excluding hydrogens is 184 g/mol. The lowest BCUT2D eigenvalue weighted by Gasteiger charge is -2.40. The quantitative estimate of drug-likeness (QED) is 0.534. The zero-order chi connectivity index (χ0) is 11.1. The minimum Gasteiger partial charge on any atom is -0.320 e. The van der Waals surface area contributed by atoms with Gasteiger partial charge in [0.2, 0.25) is 0 Å². The van der Waals surface area contributed by atoms with E-state index in [9.17, 15) is 0 Å². The van der Waals surface area contributed by atoms with Gasteiger partial charge < -0.3 is 10.2 Å². The highest BCUT2D eigenvalue weighted by atomic mass is 15.1. The summed E-state index contributed by atoms with van der Waals surface area (Å²) >= 11 is 0. The molecule has 1 saturated heterocycles. The molecule has 0 bridgehead atoms. The second kappa shape index (κ2) is 6.29. The molecule has 1 heterocycles. The third-order valence-corrected chi connectivity index (χ3v) is 3.76. The van der Waals surface area contributed by atoms with Gasteiger partial charge in [-0.2, -0.15) is 0 Å². The fourth-order valence-corrected chi connectivity index (χ4v) is 2.60. The van der Waals surface area contributed by atoms with Crippen molar-refractivity contribution in [3.63, 3.8) is 0 Å². The highest BCUT2D eigenvalue weighted by Crippen LogP contribution is 2.39. The lowest BCUT2D eigenvalue weighted by atomic mass is 9.72. The number of nitrogens with one attached hydrogen (secondary N) is 1. The molecule has 0 aromatic rings. The van der Waals surface area contributed by atoms with Gasteiger partial charge >= 0.3 is 0 Å². The van der Waals surface area contributed by atoms with Crippen LogP contribution in [0.15, 0.2) is 12.7 Å². The summed E-state index contributed by atoms with van der Waals surface area (Å²) in [6, 6.07) is 0. The first-order chi connectivity index (χ1) is 7.22. The van der Waals surface area contributed by atoms with Crippen molar-refractivity contribution in [1.29, 1.82) is 0 Å². The smallest absolute Gasteiger partial charge is 0.00164 e. The van der Waals surface area contributed by atoms with Gasteiger partial charge in [-0.05, 0) is 71.2 Å². The van der Waals surface area contributed by atoms with Crippen LogP contribution >= 0.6 is 0 Å². The Morgan fingerprint density at radius 2 is 2.07 bits per heavy atom. The molecule has 1 N–H and O–H groups in total. The highest BCUT2D eigenvalue weighted by molar-refractivity contribution is 4.90. The van der Waals surface area contributed by atoms with Crippen LogP contribution in [0.4, 0.5) is 0 Å². The first kappa shape index (κ1) is 12.7. The third-order valence-electron chi connectivity index (χ3n) is 3.76. The molecule has 1 rings (SSSR count). The lowest BCUT2D eigenvalue weighted by molar-refractivity contribution is 0.112. The Labute approximate surface area is 94.7 Å². The Morgan fingerprint density at radius 1 is 1.40 bits per heavy atom. The predicted molar refractivity (Wildman–Crippen MR) is 67.1 cm³/mol. The summed E-state index contributed by atoms with van der Waals surface area (Å²) in [6.45, 7) is 7.58. The van der Waals surface area contributed by atoms with Crippen molar-refractivity contribution in [2.75, 3.05) is 33.7 Å². The number of hydrogen-bond acceptors (Lipinski definition) is 2. The molecule has 88 valence electrons. The van der Waals surface area contributed by atoms with E-state index in [1.54, 1.807) is 0 Å². The Kier molecular flexibility index (Phi) is 5.34. The van der Waals surface area contributed by atoms with Crippen molar-refractivity contribution in [1.82, 2.24) is 10.2 Å². The van der Waals surface area contributed by atoms with E-state index in [4.69, 9.17) is 0 Å². The van der Waals surface area contributed by atoms with Gasteiger partial charge in [-0.3, -0.25) is 0 Å². The maximum atomic E-state index is 3.92. The second-order valence-corrected chi connectivity index (χ2v) is 5.00. The summed E-state index contributed by atoms with van der Waals surface area (Å²) in [4.78, 5) is 2.44. The monoisotopic (exact) mass is 210 g/mol. The van der Waals surface area contributed by atoms with E-state index in [2.05, 4.69) is 29.9 Å². The Bertz CT molecular complexity index is 181. The summed E-state index contributed by atoms with van der Waals surface area (Å²) in [5.74, 6) is 0. The van der Waals surface area contributed by atoms with Crippen LogP contribution in [0.2, 0.25) is 0 Å². The van der Waals surface area contributed by atoms with Crippen molar-refractivity contribution >= 4 is 0 Å². The molecule has 0 aromatic carbocycles. The molecule has 0 amide bonds. The largest absolute Gasteiger partial charge is 0.320 e. The van der Waals surface area contributed by atoms with E-state index in [1.165, 1.54) is 45.2 Å². The first-order valence-electron chi connectivity index (χ1n) is 6.16. The standard InChI is InChI=1S/C13H26N2/c1-4-6-13(7-5-10-14-2)8-11-15(3)12-9-13/h4,14H,1,5-12H2,2-3H3. The van der Waals surface area contributed by atoms with Crippen LogP contribution in [-0.2, 0) is 0 Å². The predicted octanol–water partition coefficient (Wildman–Crippen LogP) is 2.27. The van der Waals surface area contributed by atoms with Crippen LogP contribution in [0.3, 0.4) is 0 Å². The molecule has 2 heteroatoms. The van der Waals surface area contributed by atoms with E-state index < -0.39 is 0 Å². The van der Waals surface area contributed by atoms with Gasteiger partial charge in [0.05, 0.1) is 0 Å². The van der Waals surface area contributed by atoms with E-state index in [-0.39, 0.29) is 0 Å². The van der Waals surface area contributed by atoms with Crippen molar-refractivity contribution in [3.8, 4) is 0 Å². The number of likely N-dealkylation sites (tertiary alicyclic amines) is 1. The number of hydrogen-bond donors (Lipinski definition) is 1. The van der Waals surface area contributed by atoms with Gasteiger partial charge in [0.25, 0.3) is 0 Å². The molecule has 0 spiro atoms. The molecule has 0 radical (unpaired) electrons. The minimum atomic E-state index is 0.561. The Balaban J connectivity index is 2.42. The topological polar surface area (TPSA) is 15.3 Å². The molecule has 1 aliphatic heterocycles. The van der Waals surface area contributed by atoms with E-state index in [0.717, 1.165) is 6.54 Å². The van der Waals surface area contributed by atoms with Gasteiger partial charge in [-0.25, -0.2) is 0 Å². The molecule has 1 aliphatic rings. The molecular formula is C13H26N2. The summed E-state index contributed by atoms with van der Waals surface area (Å²) in [5.41, 5.74) is 0.561. The Hall–Kier alpha value is -0.340. The molecule has 15 heavy (non-hydrogen) atoms. The second-order valence-electron chi connectivity index (χ2n) is 5.00. The summed E-state index contributed by atoms with van der Waals surface area (Å²) in [5, 5.41) is 3.24. The van der Waals surface area contributed by atoms with Crippen molar-refractivity contribution in [3.05, 3.63) is 12.7 Å². The molecule has 0 aliphatic carbocycles. The van der Waals surface area contributed by atoms with Crippen LogP contribution in [0, 0.1) is 5.41 Å². The maximum Gasteiger partial charge on any atom is -0.00164 e. The van der Waals surface area contributed by atoms with Crippen LogP contribution in [0.1, 0.15) is 32.1 Å². The maximum absolute atomic E-state index is 3.92. The summed E-state index contributed by atoms with van der Waals surface area (Å²) in [6.07, 6.45) is 8.66. The molecule has 0 aromatic heterocycles. The van der Waals surface area contributed by atoms with E-state index in [1.807, 2.05) is 7.05 Å². The number of allylic oxidation sites excluding steroid dienone is 1. The zero-order valence-electron chi connectivity index (χ0n) is 10.4. The van der Waals surface area contributed by atoms with Crippen LogP contribution in [-0.4, -0.2) is 38.6 Å². The average Bonchev–Trinajstić information content (AvgIpc) is 2.23. The zero-order valence-corrected chi connectivity index (χ0v) is 10.4. The summed E-state index contributed by atoms with van der Waals surface area (Å²) in [7, 11) is 4.26. The summed E-state index contributed by atoms with van der Waals surface area (Å²) < 4.78 is 0. The molecule has 0 unspecified atom stereocenters. The van der Waals surface area contributed by atoms with Crippen molar-refractivity contribution in [2.24, 2.45) is 5.41 Å². The molecule has 1 fully saturated rings. The number of rotatable bonds is 6. The number of piperidine rings is 1. The molecule has 2 nitrogen and oxygen atoms in total. The lowest BCUT2D eigenvalue weighted by Crippen LogP contribution is -2.38. The minimum absolute atomic E-state index is 0.561. The number of nitrogens with zero attached hydrogens (tertiary/aromatic N) is 1. The first-order valence-corrected chi connectivity index (χ1v) is 6.16. The van der Waals surface area contributed by atoms with Gasteiger partial charge in [-0.1, -0.05) is 6.08 Å². The van der Waals surface area contributed by atoms with Gasteiger partial charge in [-0.15, -0.1) is 6.58 Å². The van der Waals surface area contributed by atoms with E-state index >= 15 is 0 Å². The van der Waals surface area contributed by atoms with Crippen LogP contribution in [0.5, 0.6) is 0 Å². The van der Waals surface area contributed by atoms with Crippen molar-refractivity contribution < 1.29 is 0 Å². The van der Waals surface area contributed by atoms with Crippen molar-refractivity contribution in [2.45, 2.75) is 32.1 Å². The molecule has 0 atom stereocenters. The third kappa shape index (κ3) is 3.96. The normalized spacial score (nSPS) is 21.5. The average molecular weight is 210 g/mol. The van der Waals surface area contributed by atoms with Crippen LogP contribution in [0.25, 0.3) is 0 Å².